The van der Waals surface area contributed by atoms with E-state index in [4.69, 9.17) is 14.5 Å². The number of amides is 1. The normalized spacial score (nSPS) is 16.2. The van der Waals surface area contributed by atoms with Gasteiger partial charge in [0.2, 0.25) is 5.88 Å². The van der Waals surface area contributed by atoms with Gasteiger partial charge in [-0.25, -0.2) is 14.8 Å². The summed E-state index contributed by atoms with van der Waals surface area (Å²) in [7, 11) is 0. The van der Waals surface area contributed by atoms with E-state index < -0.39 is 5.60 Å². The minimum atomic E-state index is -0.528. The number of nitrogens with one attached hydrogen (secondary N) is 1. The molecule has 2 aromatic heterocycles. The number of nitrogens with zero attached hydrogens (tertiary/aromatic N) is 4. The average molecular weight is 452 g/mol. The SMILES string of the molecule is CSc1nc(-c2c[nH]c3c(C#N)cccc23)cnc1OC1CCN(C(=O)OC(C)(C)C)C1. The van der Waals surface area contributed by atoms with Crippen LogP contribution in [-0.4, -0.2) is 57.0 Å². The van der Waals surface area contributed by atoms with Crippen molar-refractivity contribution in [1.29, 1.82) is 5.26 Å². The number of hydrogen-bond acceptors (Lipinski definition) is 7. The van der Waals surface area contributed by atoms with Gasteiger partial charge in [0.1, 0.15) is 17.8 Å². The van der Waals surface area contributed by atoms with Crippen molar-refractivity contribution in [3.8, 4) is 23.2 Å². The van der Waals surface area contributed by atoms with Crippen LogP contribution in [0.1, 0.15) is 32.8 Å². The molecule has 1 aliphatic heterocycles. The number of fused-ring (bicyclic) bond motifs is 1. The van der Waals surface area contributed by atoms with Gasteiger partial charge in [-0.3, -0.25) is 0 Å². The number of para-hydroxylation sites is 1. The van der Waals surface area contributed by atoms with Crippen LogP contribution in [-0.2, 0) is 4.74 Å². The monoisotopic (exact) mass is 451 g/mol. The number of ether oxygens (including phenoxy) is 2. The summed E-state index contributed by atoms with van der Waals surface area (Å²) in [6, 6.07) is 7.79. The van der Waals surface area contributed by atoms with Crippen LogP contribution in [0.4, 0.5) is 4.79 Å². The molecule has 1 unspecified atom stereocenters. The molecule has 0 aliphatic carbocycles. The molecule has 0 radical (unpaired) electrons. The van der Waals surface area contributed by atoms with Crippen molar-refractivity contribution in [3.05, 3.63) is 36.2 Å². The van der Waals surface area contributed by atoms with E-state index in [0.29, 0.717) is 41.7 Å². The summed E-state index contributed by atoms with van der Waals surface area (Å²) >= 11 is 1.45. The van der Waals surface area contributed by atoms with Crippen molar-refractivity contribution in [3.63, 3.8) is 0 Å². The Balaban J connectivity index is 1.52. The van der Waals surface area contributed by atoms with Gasteiger partial charge in [-0.05, 0) is 33.1 Å². The molecule has 3 aromatic rings. The van der Waals surface area contributed by atoms with E-state index in [0.717, 1.165) is 16.5 Å². The number of aromatic nitrogens is 3. The van der Waals surface area contributed by atoms with Crippen LogP contribution in [0, 0.1) is 11.3 Å². The first kappa shape index (κ1) is 22.0. The molecule has 1 atom stereocenters. The fourth-order valence-electron chi connectivity index (χ4n) is 3.64. The van der Waals surface area contributed by atoms with Crippen molar-refractivity contribution < 1.29 is 14.3 Å². The third-order valence-corrected chi connectivity index (χ3v) is 5.74. The Morgan fingerprint density at radius 2 is 2.19 bits per heavy atom. The number of rotatable bonds is 4. The Morgan fingerprint density at radius 3 is 2.91 bits per heavy atom. The lowest BCUT2D eigenvalue weighted by atomic mass is 10.1. The number of carbonyl (C=O) groups excluding carboxylic acids is 1. The molecule has 32 heavy (non-hydrogen) atoms. The number of H-pyrrole nitrogens is 1. The maximum atomic E-state index is 12.3. The molecular weight excluding hydrogens is 426 g/mol. The predicted octanol–water partition coefficient (Wildman–Crippen LogP) is 4.61. The largest absolute Gasteiger partial charge is 0.470 e. The minimum absolute atomic E-state index is 0.167. The van der Waals surface area contributed by atoms with Crippen molar-refractivity contribution in [1.82, 2.24) is 19.9 Å². The Kier molecular flexibility index (Phi) is 5.98. The molecule has 166 valence electrons. The van der Waals surface area contributed by atoms with Gasteiger partial charge in [0.05, 0.1) is 29.5 Å². The van der Waals surface area contributed by atoms with Crippen LogP contribution in [0.5, 0.6) is 5.88 Å². The van der Waals surface area contributed by atoms with Gasteiger partial charge in [-0.2, -0.15) is 5.26 Å². The Bertz CT molecular complexity index is 1190. The second kappa shape index (κ2) is 8.71. The zero-order valence-corrected chi connectivity index (χ0v) is 19.3. The number of aromatic amines is 1. The molecule has 9 heteroatoms. The van der Waals surface area contributed by atoms with Gasteiger partial charge < -0.3 is 19.4 Å². The van der Waals surface area contributed by atoms with Gasteiger partial charge in [-0.15, -0.1) is 11.8 Å². The summed E-state index contributed by atoms with van der Waals surface area (Å²) in [5.41, 5.74) is 2.42. The molecule has 1 saturated heterocycles. The molecular formula is C23H25N5O3S. The third kappa shape index (κ3) is 4.50. The summed E-state index contributed by atoms with van der Waals surface area (Å²) in [6.45, 7) is 6.59. The highest BCUT2D eigenvalue weighted by Crippen LogP contribution is 2.33. The molecule has 1 N–H and O–H groups in total. The van der Waals surface area contributed by atoms with E-state index in [1.807, 2.05) is 45.4 Å². The second-order valence-electron chi connectivity index (χ2n) is 8.57. The Morgan fingerprint density at radius 1 is 1.38 bits per heavy atom. The quantitative estimate of drug-likeness (QED) is 0.578. The minimum Gasteiger partial charge on any atom is -0.470 e. The molecule has 0 saturated carbocycles. The molecule has 1 amide bonds. The number of benzene rings is 1. The van der Waals surface area contributed by atoms with Crippen molar-refractivity contribution in [2.24, 2.45) is 0 Å². The number of nitriles is 1. The molecule has 1 aromatic carbocycles. The van der Waals surface area contributed by atoms with E-state index in [1.165, 1.54) is 11.8 Å². The van der Waals surface area contributed by atoms with Gasteiger partial charge in [-0.1, -0.05) is 12.1 Å². The second-order valence-corrected chi connectivity index (χ2v) is 9.36. The molecule has 4 rings (SSSR count). The smallest absolute Gasteiger partial charge is 0.410 e. The number of likely N-dealkylation sites (tertiary alicyclic amines) is 1. The van der Waals surface area contributed by atoms with Gasteiger partial charge in [0, 0.05) is 30.1 Å². The number of carbonyl (C=O) groups is 1. The van der Waals surface area contributed by atoms with Crippen molar-refractivity contribution in [2.75, 3.05) is 19.3 Å². The molecule has 0 bridgehead atoms. The maximum Gasteiger partial charge on any atom is 0.410 e. The van der Waals surface area contributed by atoms with E-state index in [1.54, 1.807) is 17.2 Å². The fraction of sp³-hybridized carbons (Fsp3) is 0.391. The summed E-state index contributed by atoms with van der Waals surface area (Å²) in [5.74, 6) is 0.454. The van der Waals surface area contributed by atoms with Crippen LogP contribution in [0.3, 0.4) is 0 Å². The Labute approximate surface area is 190 Å². The fourth-order valence-corrected chi connectivity index (χ4v) is 4.10. The lowest BCUT2D eigenvalue weighted by molar-refractivity contribution is 0.0274. The molecule has 1 fully saturated rings. The first-order valence-corrected chi connectivity index (χ1v) is 11.6. The number of thioether (sulfide) groups is 1. The van der Waals surface area contributed by atoms with E-state index >= 15 is 0 Å². The molecule has 3 heterocycles. The van der Waals surface area contributed by atoms with Crippen molar-refractivity contribution in [2.45, 2.75) is 43.9 Å². The van der Waals surface area contributed by atoms with E-state index in [-0.39, 0.29) is 12.2 Å². The highest BCUT2D eigenvalue weighted by Gasteiger charge is 2.31. The summed E-state index contributed by atoms with van der Waals surface area (Å²) in [6.07, 6.45) is 5.65. The van der Waals surface area contributed by atoms with Crippen molar-refractivity contribution >= 4 is 28.8 Å². The standard InChI is InChI=1S/C23H25N5O3S/c1-23(2,3)31-22(29)28-9-8-15(13-28)30-20-21(32-4)27-18(12-26-20)17-11-25-19-14(10-24)6-5-7-16(17)19/h5-7,11-12,15,25H,8-9,13H2,1-4H3. The van der Waals surface area contributed by atoms with E-state index in [2.05, 4.69) is 16.0 Å². The molecule has 0 spiro atoms. The molecule has 1 aliphatic rings. The first-order chi connectivity index (χ1) is 15.3. The van der Waals surface area contributed by atoms with Crippen LogP contribution in [0.2, 0.25) is 0 Å². The van der Waals surface area contributed by atoms with Crippen LogP contribution in [0.15, 0.2) is 35.6 Å². The van der Waals surface area contributed by atoms with E-state index in [9.17, 15) is 10.1 Å². The summed E-state index contributed by atoms with van der Waals surface area (Å²) in [5, 5.41) is 10.9. The lowest BCUT2D eigenvalue weighted by Gasteiger charge is -2.24. The average Bonchev–Trinajstić information content (AvgIpc) is 3.40. The molecule has 8 nitrogen and oxygen atoms in total. The Hall–Kier alpha value is -3.25. The highest BCUT2D eigenvalue weighted by molar-refractivity contribution is 7.98. The highest BCUT2D eigenvalue weighted by atomic mass is 32.2. The van der Waals surface area contributed by atoms with Crippen LogP contribution in [0.25, 0.3) is 22.2 Å². The zero-order chi connectivity index (χ0) is 22.9. The third-order valence-electron chi connectivity index (χ3n) is 5.09. The topological polar surface area (TPSA) is 104 Å². The van der Waals surface area contributed by atoms with Crippen LogP contribution >= 0.6 is 11.8 Å². The van der Waals surface area contributed by atoms with Gasteiger partial charge in [0.15, 0.2) is 5.03 Å². The van der Waals surface area contributed by atoms with Gasteiger partial charge in [0.25, 0.3) is 0 Å². The van der Waals surface area contributed by atoms with Crippen LogP contribution < -0.4 is 4.74 Å². The first-order valence-electron chi connectivity index (χ1n) is 10.3. The number of hydrogen-bond donors (Lipinski definition) is 1. The maximum absolute atomic E-state index is 12.3. The van der Waals surface area contributed by atoms with Gasteiger partial charge >= 0.3 is 6.09 Å². The summed E-state index contributed by atoms with van der Waals surface area (Å²) in [4.78, 5) is 26.4. The summed E-state index contributed by atoms with van der Waals surface area (Å²) < 4.78 is 11.6. The lowest BCUT2D eigenvalue weighted by Crippen LogP contribution is -2.36. The predicted molar refractivity (Wildman–Crippen MR) is 123 cm³/mol. The zero-order valence-electron chi connectivity index (χ0n) is 18.5.